The fourth-order valence-corrected chi connectivity index (χ4v) is 4.21. The van der Waals surface area contributed by atoms with Crippen molar-refractivity contribution in [3.8, 4) is 17.0 Å². The van der Waals surface area contributed by atoms with E-state index in [1.807, 2.05) is 4.57 Å². The maximum absolute atomic E-state index is 12.8. The Kier molecular flexibility index (Phi) is 5.89. The number of benzene rings is 1. The molecule has 1 aromatic heterocycles. The van der Waals surface area contributed by atoms with Gasteiger partial charge >= 0.3 is 0 Å². The molecule has 3 rings (SSSR count). The van der Waals surface area contributed by atoms with E-state index in [1.165, 1.54) is 11.1 Å². The van der Waals surface area contributed by atoms with E-state index in [2.05, 4.69) is 73.0 Å². The van der Waals surface area contributed by atoms with Crippen LogP contribution >= 0.6 is 15.9 Å². The van der Waals surface area contributed by atoms with E-state index in [-0.39, 0.29) is 11.3 Å². The standard InChI is InChI=1S/C22H30BrN3O2/c1-13(2)9-15-10-16-14(11-17(15)28-6)7-8-26-18(16)19(23)25-20(26)21(27)24-12-22(3,4)5/h10-11,13H,7-9,12H2,1-6H3,(H,24,27). The number of halogens is 1. The quantitative estimate of drug-likeness (QED) is 0.712. The smallest absolute Gasteiger partial charge is 0.287 e. The van der Waals surface area contributed by atoms with Gasteiger partial charge in [-0.05, 0) is 63.4 Å². The zero-order chi connectivity index (χ0) is 20.6. The summed E-state index contributed by atoms with van der Waals surface area (Å²) in [7, 11) is 1.73. The first kappa shape index (κ1) is 20.9. The predicted octanol–water partition coefficient (Wildman–Crippen LogP) is 4.85. The van der Waals surface area contributed by atoms with Crippen LogP contribution in [0.4, 0.5) is 0 Å². The predicted molar refractivity (Wildman–Crippen MR) is 116 cm³/mol. The Balaban J connectivity index is 2.02. The second kappa shape index (κ2) is 7.90. The van der Waals surface area contributed by atoms with E-state index in [0.717, 1.165) is 41.0 Å². The minimum Gasteiger partial charge on any atom is -0.496 e. The summed E-state index contributed by atoms with van der Waals surface area (Å²) in [5.74, 6) is 1.82. The Morgan fingerprint density at radius 3 is 2.68 bits per heavy atom. The number of carbonyl (C=O) groups is 1. The molecule has 0 fully saturated rings. The molecule has 2 aromatic rings. The highest BCUT2D eigenvalue weighted by Gasteiger charge is 2.28. The average molecular weight is 448 g/mol. The molecule has 1 aromatic carbocycles. The number of hydrogen-bond acceptors (Lipinski definition) is 3. The van der Waals surface area contributed by atoms with Gasteiger partial charge in [-0.3, -0.25) is 4.79 Å². The van der Waals surface area contributed by atoms with E-state index in [1.54, 1.807) is 7.11 Å². The summed E-state index contributed by atoms with van der Waals surface area (Å²) in [5.41, 5.74) is 4.57. The highest BCUT2D eigenvalue weighted by molar-refractivity contribution is 9.10. The number of methoxy groups -OCH3 is 1. The van der Waals surface area contributed by atoms with Gasteiger partial charge in [0.05, 0.1) is 12.8 Å². The van der Waals surface area contributed by atoms with Crippen molar-refractivity contribution in [2.75, 3.05) is 13.7 Å². The zero-order valence-electron chi connectivity index (χ0n) is 17.6. The third-order valence-electron chi connectivity index (χ3n) is 4.90. The number of ether oxygens (including phenoxy) is 1. The lowest BCUT2D eigenvalue weighted by molar-refractivity contribution is 0.0924. The summed E-state index contributed by atoms with van der Waals surface area (Å²) in [6.07, 6.45) is 1.80. The van der Waals surface area contributed by atoms with Gasteiger partial charge in [-0.25, -0.2) is 4.98 Å². The lowest BCUT2D eigenvalue weighted by Gasteiger charge is -2.23. The molecule has 5 nitrogen and oxygen atoms in total. The van der Waals surface area contributed by atoms with Crippen LogP contribution < -0.4 is 10.1 Å². The second-order valence-electron chi connectivity index (χ2n) is 9.14. The molecule has 6 heteroatoms. The molecule has 0 spiro atoms. The fourth-order valence-electron chi connectivity index (χ4n) is 3.61. The van der Waals surface area contributed by atoms with Gasteiger partial charge in [0.25, 0.3) is 5.91 Å². The third kappa shape index (κ3) is 4.27. The van der Waals surface area contributed by atoms with E-state index in [4.69, 9.17) is 4.74 Å². The Hall–Kier alpha value is -1.82. The Morgan fingerprint density at radius 1 is 1.36 bits per heavy atom. The van der Waals surface area contributed by atoms with Gasteiger partial charge < -0.3 is 14.6 Å². The Morgan fingerprint density at radius 2 is 2.07 bits per heavy atom. The second-order valence-corrected chi connectivity index (χ2v) is 9.89. The Bertz CT molecular complexity index is 894. The van der Waals surface area contributed by atoms with Crippen molar-refractivity contribution in [3.05, 3.63) is 33.7 Å². The monoisotopic (exact) mass is 447 g/mol. The SMILES string of the molecule is COc1cc2c(cc1CC(C)C)-c1c(Br)nc(C(=O)NCC(C)(C)C)n1CC2. The minimum absolute atomic E-state index is 0.0269. The van der Waals surface area contributed by atoms with Gasteiger partial charge in [0, 0.05) is 18.7 Å². The van der Waals surface area contributed by atoms with Crippen molar-refractivity contribution in [3.63, 3.8) is 0 Å². The Labute approximate surface area is 176 Å². The number of rotatable bonds is 5. The number of fused-ring (bicyclic) bond motifs is 3. The van der Waals surface area contributed by atoms with E-state index < -0.39 is 0 Å². The van der Waals surface area contributed by atoms with Crippen molar-refractivity contribution >= 4 is 21.8 Å². The summed E-state index contributed by atoms with van der Waals surface area (Å²) >= 11 is 3.60. The number of imidazole rings is 1. The molecule has 0 aliphatic carbocycles. The first-order chi connectivity index (χ1) is 13.1. The van der Waals surface area contributed by atoms with Crippen LogP contribution in [0, 0.1) is 11.3 Å². The third-order valence-corrected chi connectivity index (χ3v) is 5.45. The van der Waals surface area contributed by atoms with Crippen LogP contribution in [-0.4, -0.2) is 29.1 Å². The molecule has 0 saturated carbocycles. The van der Waals surface area contributed by atoms with E-state index in [9.17, 15) is 4.79 Å². The molecule has 1 amide bonds. The molecule has 152 valence electrons. The maximum atomic E-state index is 12.8. The lowest BCUT2D eigenvalue weighted by atomic mass is 9.92. The maximum Gasteiger partial charge on any atom is 0.287 e. The number of amides is 1. The molecule has 1 N–H and O–H groups in total. The van der Waals surface area contributed by atoms with Crippen LogP contribution in [0.3, 0.4) is 0 Å². The van der Waals surface area contributed by atoms with Crippen molar-refractivity contribution in [1.82, 2.24) is 14.9 Å². The van der Waals surface area contributed by atoms with Crippen LogP contribution in [0.25, 0.3) is 11.3 Å². The van der Waals surface area contributed by atoms with Crippen molar-refractivity contribution in [1.29, 1.82) is 0 Å². The van der Waals surface area contributed by atoms with Gasteiger partial charge in [-0.15, -0.1) is 0 Å². The van der Waals surface area contributed by atoms with Crippen molar-refractivity contribution < 1.29 is 9.53 Å². The van der Waals surface area contributed by atoms with E-state index >= 15 is 0 Å². The molecule has 0 unspecified atom stereocenters. The molecule has 0 bridgehead atoms. The summed E-state index contributed by atoms with van der Waals surface area (Å²) in [6, 6.07) is 4.36. The van der Waals surface area contributed by atoms with Crippen LogP contribution in [-0.2, 0) is 19.4 Å². The number of hydrogen-bond donors (Lipinski definition) is 1. The lowest BCUT2D eigenvalue weighted by Crippen LogP contribution is -2.34. The first-order valence-corrected chi connectivity index (χ1v) is 10.6. The number of nitrogens with one attached hydrogen (secondary N) is 1. The summed E-state index contributed by atoms with van der Waals surface area (Å²) in [5, 5.41) is 3.02. The van der Waals surface area contributed by atoms with Crippen LogP contribution in [0.2, 0.25) is 0 Å². The molecule has 0 atom stereocenters. The first-order valence-electron chi connectivity index (χ1n) is 9.85. The molecule has 1 aliphatic rings. The number of aromatic nitrogens is 2. The average Bonchev–Trinajstić information content (AvgIpc) is 2.95. The zero-order valence-corrected chi connectivity index (χ0v) is 19.2. The number of carbonyl (C=O) groups excluding carboxylic acids is 1. The van der Waals surface area contributed by atoms with Crippen LogP contribution in [0.15, 0.2) is 16.7 Å². The summed E-state index contributed by atoms with van der Waals surface area (Å²) in [4.78, 5) is 17.3. The number of aryl methyl sites for hydroxylation is 1. The topological polar surface area (TPSA) is 56.1 Å². The van der Waals surface area contributed by atoms with Gasteiger partial charge in [0.1, 0.15) is 10.4 Å². The largest absolute Gasteiger partial charge is 0.496 e. The fraction of sp³-hybridized carbons (Fsp3) is 0.545. The summed E-state index contributed by atoms with van der Waals surface area (Å²) in [6.45, 7) is 12.1. The molecule has 1 aliphatic heterocycles. The normalized spacial score (nSPS) is 13.3. The van der Waals surface area contributed by atoms with E-state index in [0.29, 0.717) is 18.3 Å². The number of nitrogens with zero attached hydrogens (tertiary/aromatic N) is 2. The van der Waals surface area contributed by atoms with Crippen LogP contribution in [0.5, 0.6) is 5.75 Å². The van der Waals surface area contributed by atoms with Gasteiger partial charge in [0.2, 0.25) is 5.82 Å². The molecule has 2 heterocycles. The van der Waals surface area contributed by atoms with Crippen molar-refractivity contribution in [2.45, 2.75) is 54.0 Å². The van der Waals surface area contributed by atoms with Gasteiger partial charge in [-0.2, -0.15) is 0 Å². The molecule has 28 heavy (non-hydrogen) atoms. The highest BCUT2D eigenvalue weighted by Crippen LogP contribution is 2.39. The molecular weight excluding hydrogens is 418 g/mol. The molecule has 0 radical (unpaired) electrons. The van der Waals surface area contributed by atoms with Crippen LogP contribution in [0.1, 0.15) is 56.4 Å². The van der Waals surface area contributed by atoms with Gasteiger partial charge in [0.15, 0.2) is 0 Å². The van der Waals surface area contributed by atoms with Crippen molar-refractivity contribution in [2.24, 2.45) is 11.3 Å². The summed E-state index contributed by atoms with van der Waals surface area (Å²) < 4.78 is 8.39. The molecule has 0 saturated heterocycles. The minimum atomic E-state index is -0.124. The highest BCUT2D eigenvalue weighted by atomic mass is 79.9. The molecular formula is C22H30BrN3O2. The van der Waals surface area contributed by atoms with Gasteiger partial charge in [-0.1, -0.05) is 34.6 Å².